The largest absolute Gasteiger partial charge is 0.484 e. The average Bonchev–Trinajstić information content (AvgIpc) is 2.74. The Labute approximate surface area is 177 Å². The van der Waals surface area contributed by atoms with Crippen LogP contribution in [0.4, 0.5) is 0 Å². The highest BCUT2D eigenvalue weighted by Gasteiger charge is 2.05. The molecule has 29 heavy (non-hydrogen) atoms. The Morgan fingerprint density at radius 3 is 2.62 bits per heavy atom. The summed E-state index contributed by atoms with van der Waals surface area (Å²) in [4.78, 5) is 19.1. The van der Waals surface area contributed by atoms with Gasteiger partial charge in [-0.3, -0.25) is 4.79 Å². The van der Waals surface area contributed by atoms with E-state index in [0.717, 1.165) is 30.4 Å². The van der Waals surface area contributed by atoms with E-state index >= 15 is 0 Å². The third-order valence-electron chi connectivity index (χ3n) is 3.93. The molecule has 0 unspecified atom stereocenters. The van der Waals surface area contributed by atoms with Gasteiger partial charge in [-0.05, 0) is 36.8 Å². The molecule has 7 heteroatoms. The molecule has 0 aromatic heterocycles. The van der Waals surface area contributed by atoms with Crippen molar-refractivity contribution in [2.45, 2.75) is 18.4 Å². The van der Waals surface area contributed by atoms with Crippen LogP contribution < -0.4 is 15.4 Å². The van der Waals surface area contributed by atoms with E-state index in [-0.39, 0.29) is 12.5 Å². The van der Waals surface area contributed by atoms with Crippen molar-refractivity contribution in [2.75, 3.05) is 39.5 Å². The van der Waals surface area contributed by atoms with Crippen molar-refractivity contribution in [1.29, 1.82) is 0 Å². The zero-order chi connectivity index (χ0) is 20.9. The topological polar surface area (TPSA) is 66.0 Å². The van der Waals surface area contributed by atoms with Gasteiger partial charge in [0.15, 0.2) is 12.6 Å². The Hall–Kier alpha value is -2.67. The lowest BCUT2D eigenvalue weighted by molar-refractivity contribution is -0.130. The van der Waals surface area contributed by atoms with Gasteiger partial charge in [-0.15, -0.1) is 11.8 Å². The third-order valence-corrected chi connectivity index (χ3v) is 4.94. The van der Waals surface area contributed by atoms with Crippen molar-refractivity contribution >= 4 is 23.6 Å². The summed E-state index contributed by atoms with van der Waals surface area (Å²) in [7, 11) is 3.43. The van der Waals surface area contributed by atoms with Crippen LogP contribution >= 0.6 is 11.8 Å². The molecule has 0 saturated carbocycles. The Morgan fingerprint density at radius 2 is 1.90 bits per heavy atom. The van der Waals surface area contributed by atoms with Gasteiger partial charge in [0.2, 0.25) is 0 Å². The highest BCUT2D eigenvalue weighted by atomic mass is 32.2. The van der Waals surface area contributed by atoms with Crippen molar-refractivity contribution in [2.24, 2.45) is 4.99 Å². The van der Waals surface area contributed by atoms with Gasteiger partial charge in [0.05, 0.1) is 6.54 Å². The van der Waals surface area contributed by atoms with E-state index in [1.165, 1.54) is 9.80 Å². The maximum Gasteiger partial charge on any atom is 0.259 e. The lowest BCUT2D eigenvalue weighted by Gasteiger charge is -2.12. The number of amides is 1. The highest BCUT2D eigenvalue weighted by molar-refractivity contribution is 7.99. The van der Waals surface area contributed by atoms with E-state index < -0.39 is 0 Å². The monoisotopic (exact) mass is 414 g/mol. The predicted octanol–water partition coefficient (Wildman–Crippen LogP) is 3.00. The molecule has 1 amide bonds. The number of thioether (sulfide) groups is 1. The van der Waals surface area contributed by atoms with Crippen LogP contribution in [0.25, 0.3) is 0 Å². The summed E-state index contributed by atoms with van der Waals surface area (Å²) in [5, 5.41) is 6.63. The summed E-state index contributed by atoms with van der Waals surface area (Å²) in [6, 6.07) is 18.0. The summed E-state index contributed by atoms with van der Waals surface area (Å²) in [6.45, 7) is 4.23. The van der Waals surface area contributed by atoms with Gasteiger partial charge in [0.1, 0.15) is 5.75 Å². The van der Waals surface area contributed by atoms with Crippen molar-refractivity contribution < 1.29 is 9.53 Å². The van der Waals surface area contributed by atoms with E-state index in [2.05, 4.69) is 39.9 Å². The first-order chi connectivity index (χ1) is 14.1. The fourth-order valence-corrected chi connectivity index (χ4v) is 3.16. The quantitative estimate of drug-likeness (QED) is 0.271. The number of benzene rings is 2. The lowest BCUT2D eigenvalue weighted by Crippen LogP contribution is -2.38. The molecule has 0 heterocycles. The lowest BCUT2D eigenvalue weighted by atomic mass is 10.2. The second-order valence-electron chi connectivity index (χ2n) is 6.51. The fourth-order valence-electron chi connectivity index (χ4n) is 2.37. The van der Waals surface area contributed by atoms with E-state index in [1.54, 1.807) is 14.1 Å². The van der Waals surface area contributed by atoms with Crippen LogP contribution in [0.3, 0.4) is 0 Å². The van der Waals surface area contributed by atoms with Crippen LogP contribution in [0, 0.1) is 0 Å². The van der Waals surface area contributed by atoms with Crippen LogP contribution in [0.15, 0.2) is 64.5 Å². The molecule has 0 aliphatic heterocycles. The number of likely N-dealkylation sites (N-methyl/N-ethyl adjacent to an activating group) is 1. The standard InChI is InChI=1S/C22H30N4O2S/c1-4-23-22(24-13-14-29-20-11-6-5-7-12-20)25-16-18-9-8-10-19(15-18)28-17-21(27)26(2)3/h5-12,15H,4,13-14,16-17H2,1-3H3,(H2,23,24,25). The summed E-state index contributed by atoms with van der Waals surface area (Å²) >= 11 is 1.81. The molecule has 2 N–H and O–H groups in total. The van der Waals surface area contributed by atoms with Crippen LogP contribution in [0.2, 0.25) is 0 Å². The predicted molar refractivity (Wildman–Crippen MR) is 121 cm³/mol. The van der Waals surface area contributed by atoms with Crippen LogP contribution in [-0.4, -0.2) is 56.3 Å². The smallest absolute Gasteiger partial charge is 0.259 e. The fraction of sp³-hybridized carbons (Fsp3) is 0.364. The molecule has 0 fully saturated rings. The Bertz CT molecular complexity index is 781. The second-order valence-corrected chi connectivity index (χ2v) is 7.68. The van der Waals surface area contributed by atoms with E-state index in [1.807, 2.05) is 49.0 Å². The first kappa shape index (κ1) is 22.6. The van der Waals surface area contributed by atoms with Gasteiger partial charge >= 0.3 is 0 Å². The third kappa shape index (κ3) is 8.91. The van der Waals surface area contributed by atoms with E-state index in [9.17, 15) is 4.79 Å². The Kier molecular flexibility index (Phi) is 9.92. The molecular formula is C22H30N4O2S. The first-order valence-corrected chi connectivity index (χ1v) is 10.7. The molecular weight excluding hydrogens is 384 g/mol. The highest BCUT2D eigenvalue weighted by Crippen LogP contribution is 2.16. The van der Waals surface area contributed by atoms with E-state index in [4.69, 9.17) is 4.74 Å². The van der Waals surface area contributed by atoms with E-state index in [0.29, 0.717) is 12.3 Å². The number of guanidine groups is 1. The number of rotatable bonds is 10. The summed E-state index contributed by atoms with van der Waals surface area (Å²) < 4.78 is 5.57. The first-order valence-electron chi connectivity index (χ1n) is 9.70. The molecule has 0 radical (unpaired) electrons. The molecule has 0 saturated heterocycles. The SMILES string of the molecule is CCNC(=NCc1cccc(OCC(=O)N(C)C)c1)NCCSc1ccccc1. The van der Waals surface area contributed by atoms with Crippen LogP contribution in [0.5, 0.6) is 5.75 Å². The minimum atomic E-state index is -0.0690. The zero-order valence-electron chi connectivity index (χ0n) is 17.4. The molecule has 0 aliphatic carbocycles. The molecule has 0 aliphatic rings. The van der Waals surface area contributed by atoms with Gasteiger partial charge in [-0.25, -0.2) is 4.99 Å². The zero-order valence-corrected chi connectivity index (χ0v) is 18.2. The molecule has 2 aromatic rings. The number of hydrogen-bond donors (Lipinski definition) is 2. The van der Waals surface area contributed by atoms with Crippen LogP contribution in [0.1, 0.15) is 12.5 Å². The number of ether oxygens (including phenoxy) is 1. The van der Waals surface area contributed by atoms with Gasteiger partial charge < -0.3 is 20.3 Å². The number of carbonyl (C=O) groups excluding carboxylic acids is 1. The molecule has 6 nitrogen and oxygen atoms in total. The Balaban J connectivity index is 1.83. The summed E-state index contributed by atoms with van der Waals surface area (Å²) in [5.41, 5.74) is 1.02. The molecule has 2 aromatic carbocycles. The Morgan fingerprint density at radius 1 is 1.10 bits per heavy atom. The normalized spacial score (nSPS) is 11.1. The maximum atomic E-state index is 11.7. The van der Waals surface area contributed by atoms with Gasteiger partial charge in [-0.2, -0.15) is 0 Å². The molecule has 0 atom stereocenters. The number of nitrogens with one attached hydrogen (secondary N) is 2. The van der Waals surface area contributed by atoms with Crippen molar-refractivity contribution in [3.05, 3.63) is 60.2 Å². The van der Waals surface area contributed by atoms with Gasteiger partial charge in [0, 0.05) is 37.8 Å². The molecule has 156 valence electrons. The van der Waals surface area contributed by atoms with Gasteiger partial charge in [0.25, 0.3) is 5.91 Å². The molecule has 0 spiro atoms. The van der Waals surface area contributed by atoms with Crippen molar-refractivity contribution in [3.8, 4) is 5.75 Å². The maximum absolute atomic E-state index is 11.7. The number of nitrogens with zero attached hydrogens (tertiary/aromatic N) is 2. The minimum Gasteiger partial charge on any atom is -0.484 e. The van der Waals surface area contributed by atoms with Crippen molar-refractivity contribution in [1.82, 2.24) is 15.5 Å². The molecule has 0 bridgehead atoms. The van der Waals surface area contributed by atoms with Gasteiger partial charge in [-0.1, -0.05) is 30.3 Å². The molecule has 2 rings (SSSR count). The number of hydrogen-bond acceptors (Lipinski definition) is 4. The van der Waals surface area contributed by atoms with Crippen molar-refractivity contribution in [3.63, 3.8) is 0 Å². The average molecular weight is 415 g/mol. The second kappa shape index (κ2) is 12.7. The summed E-state index contributed by atoms with van der Waals surface area (Å²) in [6.07, 6.45) is 0. The summed E-state index contributed by atoms with van der Waals surface area (Å²) in [5.74, 6) is 2.35. The van der Waals surface area contributed by atoms with Crippen LogP contribution in [-0.2, 0) is 11.3 Å². The minimum absolute atomic E-state index is 0.0308. The number of carbonyl (C=O) groups is 1. The number of aliphatic imine (C=N–C) groups is 1.